The molecule has 3 aromatic rings. The molecule has 0 radical (unpaired) electrons. The summed E-state index contributed by atoms with van der Waals surface area (Å²) in [5.74, 6) is 1.03. The first kappa shape index (κ1) is 21.2. The molecule has 2 aliphatic heterocycles. The van der Waals surface area contributed by atoms with Crippen LogP contribution in [0.25, 0.3) is 0 Å². The molecule has 0 bridgehead atoms. The highest BCUT2D eigenvalue weighted by Crippen LogP contribution is 2.44. The van der Waals surface area contributed by atoms with Crippen molar-refractivity contribution >= 4 is 11.8 Å². The fourth-order valence-electron chi connectivity index (χ4n) is 4.45. The fourth-order valence-corrected chi connectivity index (χ4v) is 4.45. The molecule has 6 heteroatoms. The average Bonchev–Trinajstić information content (AvgIpc) is 3.19. The van der Waals surface area contributed by atoms with E-state index in [1.165, 1.54) is 0 Å². The lowest BCUT2D eigenvalue weighted by molar-refractivity contribution is -0.128. The van der Waals surface area contributed by atoms with Gasteiger partial charge in [-0.05, 0) is 35.4 Å². The van der Waals surface area contributed by atoms with Crippen molar-refractivity contribution in [2.45, 2.75) is 31.0 Å². The maximum Gasteiger partial charge on any atom is 0.252 e. The number of aliphatic imine (C=N–C) groups is 1. The van der Waals surface area contributed by atoms with Gasteiger partial charge in [-0.15, -0.1) is 0 Å². The van der Waals surface area contributed by atoms with Crippen LogP contribution in [0.15, 0.2) is 83.9 Å². The quantitative estimate of drug-likeness (QED) is 0.548. The molecule has 2 atom stereocenters. The van der Waals surface area contributed by atoms with Crippen molar-refractivity contribution in [3.05, 3.63) is 101 Å². The number of carbonyl (C=O) groups is 1. The van der Waals surface area contributed by atoms with Crippen LogP contribution in [0.5, 0.6) is 5.75 Å². The summed E-state index contributed by atoms with van der Waals surface area (Å²) in [7, 11) is 0. The second kappa shape index (κ2) is 9.08. The van der Waals surface area contributed by atoms with Gasteiger partial charge in [0.2, 0.25) is 5.90 Å². The lowest BCUT2D eigenvalue weighted by Crippen LogP contribution is -2.47. The van der Waals surface area contributed by atoms with Gasteiger partial charge < -0.3 is 19.9 Å². The summed E-state index contributed by atoms with van der Waals surface area (Å²) < 4.78 is 12.1. The molecule has 6 nitrogen and oxygen atoms in total. The minimum absolute atomic E-state index is 0.0944. The number of nitrogens with zero attached hydrogens (tertiary/aromatic N) is 1. The Balaban J connectivity index is 1.53. The molecule has 2 aliphatic rings. The Morgan fingerprint density at radius 3 is 2.58 bits per heavy atom. The van der Waals surface area contributed by atoms with Crippen LogP contribution in [0.4, 0.5) is 0 Å². The number of carbonyl (C=O) groups excluding carboxylic acids is 1. The van der Waals surface area contributed by atoms with Crippen molar-refractivity contribution in [3.63, 3.8) is 0 Å². The van der Waals surface area contributed by atoms with Gasteiger partial charge in [0, 0.05) is 37.1 Å². The average molecular weight is 443 g/mol. The number of nitrogens with one attached hydrogen (secondary N) is 1. The van der Waals surface area contributed by atoms with E-state index in [9.17, 15) is 4.79 Å². The molecule has 0 saturated carbocycles. The third-order valence-corrected chi connectivity index (χ3v) is 6.12. The van der Waals surface area contributed by atoms with Crippen LogP contribution in [0, 0.1) is 0 Å². The summed E-state index contributed by atoms with van der Waals surface area (Å²) in [5, 5.41) is 12.0. The van der Waals surface area contributed by atoms with Crippen molar-refractivity contribution in [2.24, 2.45) is 4.99 Å². The predicted octanol–water partition coefficient (Wildman–Crippen LogP) is 3.58. The largest absolute Gasteiger partial charge is 0.494 e. The van der Waals surface area contributed by atoms with E-state index in [-0.39, 0.29) is 12.5 Å². The van der Waals surface area contributed by atoms with Crippen molar-refractivity contribution in [3.8, 4) is 5.75 Å². The Morgan fingerprint density at radius 1 is 1.03 bits per heavy atom. The molecule has 1 amide bonds. The SMILES string of the molecule is O=C1NCc2ccccc2[C@H]2OC(c3ccc(OCCCO)cc3)=N[C@]12Cc1ccccc1. The molecule has 168 valence electrons. The third kappa shape index (κ3) is 4.10. The maximum atomic E-state index is 13.5. The molecule has 0 saturated heterocycles. The van der Waals surface area contributed by atoms with Crippen LogP contribution in [-0.2, 0) is 22.5 Å². The summed E-state index contributed by atoms with van der Waals surface area (Å²) in [6, 6.07) is 25.4. The topological polar surface area (TPSA) is 80.2 Å². The number of ether oxygens (including phenoxy) is 2. The molecule has 0 spiro atoms. The lowest BCUT2D eigenvalue weighted by Gasteiger charge is -2.28. The highest BCUT2D eigenvalue weighted by atomic mass is 16.5. The van der Waals surface area contributed by atoms with Crippen LogP contribution < -0.4 is 10.1 Å². The first-order valence-electron chi connectivity index (χ1n) is 11.2. The Hall–Kier alpha value is -3.64. The van der Waals surface area contributed by atoms with Crippen molar-refractivity contribution in [1.82, 2.24) is 5.32 Å². The summed E-state index contributed by atoms with van der Waals surface area (Å²) in [6.45, 7) is 1.000. The normalized spacial score (nSPS) is 21.2. The molecular weight excluding hydrogens is 416 g/mol. The van der Waals surface area contributed by atoms with Crippen LogP contribution in [0.1, 0.15) is 34.8 Å². The van der Waals surface area contributed by atoms with Gasteiger partial charge in [-0.3, -0.25) is 4.79 Å². The number of fused-ring (bicyclic) bond motifs is 3. The van der Waals surface area contributed by atoms with Gasteiger partial charge in [-0.2, -0.15) is 0 Å². The van der Waals surface area contributed by atoms with E-state index in [1.807, 2.05) is 78.9 Å². The molecule has 0 aromatic heterocycles. The van der Waals surface area contributed by atoms with Gasteiger partial charge in [-0.25, -0.2) is 4.99 Å². The van der Waals surface area contributed by atoms with Crippen molar-refractivity contribution in [1.29, 1.82) is 0 Å². The van der Waals surface area contributed by atoms with E-state index in [0.717, 1.165) is 22.3 Å². The van der Waals surface area contributed by atoms with Crippen LogP contribution >= 0.6 is 0 Å². The highest BCUT2D eigenvalue weighted by Gasteiger charge is 2.54. The Labute approximate surface area is 192 Å². The first-order chi connectivity index (χ1) is 16.2. The Kier molecular flexibility index (Phi) is 5.84. The fraction of sp³-hybridized carbons (Fsp3) is 0.259. The van der Waals surface area contributed by atoms with Gasteiger partial charge in [0.1, 0.15) is 5.75 Å². The molecule has 0 fully saturated rings. The minimum atomic E-state index is -1.10. The van der Waals surface area contributed by atoms with Crippen molar-refractivity contribution in [2.75, 3.05) is 13.2 Å². The number of benzene rings is 3. The molecule has 2 N–H and O–H groups in total. The van der Waals surface area contributed by atoms with E-state index in [2.05, 4.69) is 5.32 Å². The summed E-state index contributed by atoms with van der Waals surface area (Å²) in [4.78, 5) is 18.5. The number of aliphatic hydroxyl groups is 1. The molecular formula is C27H26N2O4. The van der Waals surface area contributed by atoms with E-state index in [1.54, 1.807) is 0 Å². The minimum Gasteiger partial charge on any atom is -0.494 e. The van der Waals surface area contributed by atoms with E-state index >= 15 is 0 Å². The molecule has 5 rings (SSSR count). The number of hydrogen-bond donors (Lipinski definition) is 2. The molecule has 2 heterocycles. The second-order valence-electron chi connectivity index (χ2n) is 8.33. The summed E-state index contributed by atoms with van der Waals surface area (Å²) in [6.07, 6.45) is 0.493. The Morgan fingerprint density at radius 2 is 1.79 bits per heavy atom. The highest BCUT2D eigenvalue weighted by molar-refractivity contribution is 6.01. The molecule has 0 unspecified atom stereocenters. The number of amides is 1. The number of rotatable bonds is 7. The van der Waals surface area contributed by atoms with E-state index in [4.69, 9.17) is 19.6 Å². The Bertz CT molecular complexity index is 1160. The van der Waals surface area contributed by atoms with Gasteiger partial charge >= 0.3 is 0 Å². The second-order valence-corrected chi connectivity index (χ2v) is 8.33. The summed E-state index contributed by atoms with van der Waals surface area (Å²) in [5.41, 5.74) is 2.73. The van der Waals surface area contributed by atoms with Gasteiger partial charge in [0.05, 0.1) is 6.61 Å². The van der Waals surface area contributed by atoms with Crippen molar-refractivity contribution < 1.29 is 19.4 Å². The zero-order valence-electron chi connectivity index (χ0n) is 18.2. The zero-order chi connectivity index (χ0) is 22.7. The summed E-state index contributed by atoms with van der Waals surface area (Å²) >= 11 is 0. The molecule has 33 heavy (non-hydrogen) atoms. The smallest absolute Gasteiger partial charge is 0.252 e. The zero-order valence-corrected chi connectivity index (χ0v) is 18.2. The number of aliphatic hydroxyl groups excluding tert-OH is 1. The third-order valence-electron chi connectivity index (χ3n) is 6.12. The van der Waals surface area contributed by atoms with E-state index in [0.29, 0.717) is 37.6 Å². The first-order valence-corrected chi connectivity index (χ1v) is 11.2. The van der Waals surface area contributed by atoms with Gasteiger partial charge in [0.25, 0.3) is 5.91 Å². The van der Waals surface area contributed by atoms with E-state index < -0.39 is 11.6 Å². The lowest BCUT2D eigenvalue weighted by atomic mass is 9.82. The van der Waals surface area contributed by atoms with Crippen LogP contribution in [0.3, 0.4) is 0 Å². The van der Waals surface area contributed by atoms with Gasteiger partial charge in [0.15, 0.2) is 11.6 Å². The van der Waals surface area contributed by atoms with Crippen LogP contribution in [0.2, 0.25) is 0 Å². The monoisotopic (exact) mass is 442 g/mol. The molecule has 0 aliphatic carbocycles. The predicted molar refractivity (Wildman–Crippen MR) is 125 cm³/mol. The maximum absolute atomic E-state index is 13.5. The van der Waals surface area contributed by atoms with Gasteiger partial charge in [-0.1, -0.05) is 54.6 Å². The molecule has 3 aromatic carbocycles. The standard InChI is InChI=1S/C27H26N2O4/c30-15-6-16-32-22-13-11-20(12-14-22)25-29-27(17-19-7-2-1-3-8-19)24(33-25)23-10-5-4-9-21(23)18-28-26(27)31/h1-5,7-14,24,30H,6,15-18H2,(H,28,31)/t24-,27+/m1/s1. The number of hydrogen-bond acceptors (Lipinski definition) is 5. The van der Waals surface area contributed by atoms with Crippen LogP contribution in [-0.4, -0.2) is 35.7 Å².